The molecule has 0 aliphatic rings. The van der Waals surface area contributed by atoms with Gasteiger partial charge in [-0.1, -0.05) is 18.2 Å². The third kappa shape index (κ3) is 2.37. The van der Waals surface area contributed by atoms with Gasteiger partial charge in [-0.25, -0.2) is 9.36 Å². The average Bonchev–Trinajstić information content (AvgIpc) is 2.83. The van der Waals surface area contributed by atoms with Crippen molar-refractivity contribution in [2.24, 2.45) is 5.73 Å². The van der Waals surface area contributed by atoms with Gasteiger partial charge < -0.3 is 16.2 Å². The predicted octanol–water partition coefficient (Wildman–Crippen LogP) is 2.53. The number of carbonyl (C=O) groups excluding carboxylic acids is 2. The lowest BCUT2D eigenvalue weighted by atomic mass is 10.2. The number of amides is 2. The number of aromatic hydroxyl groups is 1. The number of carbonyl (C=O) groups is 2. The van der Waals surface area contributed by atoms with Crippen LogP contribution in [-0.4, -0.2) is 21.6 Å². The number of benzene rings is 2. The Morgan fingerprint density at radius 3 is 2.45 bits per heavy atom. The van der Waals surface area contributed by atoms with E-state index in [-0.39, 0.29) is 11.8 Å². The lowest BCUT2D eigenvalue weighted by molar-refractivity contribution is 0.102. The molecule has 1 aromatic heterocycles. The standard InChI is InChI=1S/C16H13N3O3/c17-16(22)19-13-7-6-12(8-11(13)9-14(19)20)18-15(21)10-4-2-1-3-5-10/h1-9,20H,(H2,17,22)(H,18,21). The molecule has 0 atom stereocenters. The summed E-state index contributed by atoms with van der Waals surface area (Å²) in [6.07, 6.45) is 0. The molecule has 3 aromatic rings. The van der Waals surface area contributed by atoms with E-state index in [1.165, 1.54) is 6.07 Å². The molecular formula is C16H13N3O3. The van der Waals surface area contributed by atoms with Crippen molar-refractivity contribution in [1.82, 2.24) is 4.57 Å². The maximum Gasteiger partial charge on any atom is 0.326 e. The number of primary amides is 1. The van der Waals surface area contributed by atoms with E-state index >= 15 is 0 Å². The van der Waals surface area contributed by atoms with Crippen LogP contribution in [0.1, 0.15) is 10.4 Å². The van der Waals surface area contributed by atoms with Crippen molar-refractivity contribution in [2.45, 2.75) is 0 Å². The third-order valence-corrected chi connectivity index (χ3v) is 3.30. The van der Waals surface area contributed by atoms with E-state index in [0.29, 0.717) is 22.2 Å². The van der Waals surface area contributed by atoms with Crippen molar-refractivity contribution in [3.05, 3.63) is 60.2 Å². The Balaban J connectivity index is 1.93. The van der Waals surface area contributed by atoms with E-state index in [2.05, 4.69) is 5.32 Å². The van der Waals surface area contributed by atoms with Gasteiger partial charge in [-0.2, -0.15) is 0 Å². The van der Waals surface area contributed by atoms with Crippen LogP contribution < -0.4 is 11.1 Å². The van der Waals surface area contributed by atoms with Crippen LogP contribution in [0.4, 0.5) is 10.5 Å². The molecule has 0 spiro atoms. The maximum absolute atomic E-state index is 12.1. The molecule has 0 radical (unpaired) electrons. The van der Waals surface area contributed by atoms with E-state index in [0.717, 1.165) is 4.57 Å². The van der Waals surface area contributed by atoms with Gasteiger partial charge in [0, 0.05) is 22.7 Å². The Morgan fingerprint density at radius 1 is 1.05 bits per heavy atom. The van der Waals surface area contributed by atoms with Crippen molar-refractivity contribution in [3.63, 3.8) is 0 Å². The van der Waals surface area contributed by atoms with Crippen LogP contribution in [0.3, 0.4) is 0 Å². The number of nitrogens with two attached hydrogens (primary N) is 1. The second-order valence-electron chi connectivity index (χ2n) is 4.77. The molecule has 0 saturated carbocycles. The molecule has 3 rings (SSSR count). The molecule has 6 heteroatoms. The summed E-state index contributed by atoms with van der Waals surface area (Å²) in [7, 11) is 0. The third-order valence-electron chi connectivity index (χ3n) is 3.30. The Morgan fingerprint density at radius 2 is 1.77 bits per heavy atom. The van der Waals surface area contributed by atoms with Gasteiger partial charge in [0.15, 0.2) is 5.88 Å². The van der Waals surface area contributed by atoms with Gasteiger partial charge in [-0.15, -0.1) is 0 Å². The molecule has 1 heterocycles. The molecule has 0 saturated heterocycles. The summed E-state index contributed by atoms with van der Waals surface area (Å²) in [5.74, 6) is -0.479. The number of aromatic nitrogens is 1. The van der Waals surface area contributed by atoms with Crippen LogP contribution in [0.5, 0.6) is 5.88 Å². The zero-order valence-electron chi connectivity index (χ0n) is 11.5. The fourth-order valence-electron chi connectivity index (χ4n) is 2.30. The summed E-state index contributed by atoms with van der Waals surface area (Å²) in [6, 6.07) is 14.4. The number of fused-ring (bicyclic) bond motifs is 1. The smallest absolute Gasteiger partial charge is 0.326 e. The van der Waals surface area contributed by atoms with Crippen molar-refractivity contribution in [3.8, 4) is 5.88 Å². The number of hydrogen-bond donors (Lipinski definition) is 3. The lowest BCUT2D eigenvalue weighted by Crippen LogP contribution is -2.18. The first-order chi connectivity index (χ1) is 10.6. The molecule has 0 aliphatic carbocycles. The van der Waals surface area contributed by atoms with Gasteiger partial charge in [-0.3, -0.25) is 4.79 Å². The Bertz CT molecular complexity index is 869. The molecule has 2 amide bonds. The second kappa shape index (κ2) is 5.25. The topological polar surface area (TPSA) is 97.3 Å². The largest absolute Gasteiger partial charge is 0.494 e. The average molecular weight is 295 g/mol. The maximum atomic E-state index is 12.1. The predicted molar refractivity (Wildman–Crippen MR) is 83.0 cm³/mol. The van der Waals surface area contributed by atoms with Gasteiger partial charge in [0.25, 0.3) is 5.91 Å². The molecule has 4 N–H and O–H groups in total. The van der Waals surface area contributed by atoms with Crippen LogP contribution in [-0.2, 0) is 0 Å². The van der Waals surface area contributed by atoms with Crippen LogP contribution in [0.25, 0.3) is 10.9 Å². The highest BCUT2D eigenvalue weighted by Crippen LogP contribution is 2.26. The summed E-state index contributed by atoms with van der Waals surface area (Å²) < 4.78 is 0.998. The van der Waals surface area contributed by atoms with Crippen molar-refractivity contribution >= 4 is 28.5 Å². The zero-order valence-corrected chi connectivity index (χ0v) is 11.5. The van der Waals surface area contributed by atoms with E-state index < -0.39 is 6.03 Å². The van der Waals surface area contributed by atoms with E-state index in [1.807, 2.05) is 6.07 Å². The quantitative estimate of drug-likeness (QED) is 0.677. The molecular weight excluding hydrogens is 282 g/mol. The minimum atomic E-state index is -0.770. The summed E-state index contributed by atoms with van der Waals surface area (Å²) >= 11 is 0. The molecule has 6 nitrogen and oxygen atoms in total. The van der Waals surface area contributed by atoms with Gasteiger partial charge in [-0.05, 0) is 30.3 Å². The van der Waals surface area contributed by atoms with Crippen molar-refractivity contribution in [1.29, 1.82) is 0 Å². The number of nitrogens with one attached hydrogen (secondary N) is 1. The summed E-state index contributed by atoms with van der Waals surface area (Å²) in [5, 5.41) is 13.1. The van der Waals surface area contributed by atoms with Crippen molar-refractivity contribution in [2.75, 3.05) is 5.32 Å². The monoisotopic (exact) mass is 295 g/mol. The summed E-state index contributed by atoms with van der Waals surface area (Å²) in [4.78, 5) is 23.4. The fraction of sp³-hybridized carbons (Fsp3) is 0. The highest BCUT2D eigenvalue weighted by Gasteiger charge is 2.13. The van der Waals surface area contributed by atoms with Crippen molar-refractivity contribution < 1.29 is 14.7 Å². The first-order valence-electron chi connectivity index (χ1n) is 6.57. The number of rotatable bonds is 2. The molecule has 0 fully saturated rings. The summed E-state index contributed by atoms with van der Waals surface area (Å²) in [6.45, 7) is 0. The minimum Gasteiger partial charge on any atom is -0.494 e. The van der Waals surface area contributed by atoms with Crippen LogP contribution in [0, 0.1) is 0 Å². The SMILES string of the molecule is NC(=O)n1c(O)cc2cc(NC(=O)c3ccccc3)ccc21. The number of anilines is 1. The molecule has 0 unspecified atom stereocenters. The summed E-state index contributed by atoms with van der Waals surface area (Å²) in [5.41, 5.74) is 6.79. The van der Waals surface area contributed by atoms with Gasteiger partial charge >= 0.3 is 6.03 Å². The lowest BCUT2D eigenvalue weighted by Gasteiger charge is -2.06. The van der Waals surface area contributed by atoms with Gasteiger partial charge in [0.2, 0.25) is 0 Å². The normalized spacial score (nSPS) is 10.5. The molecule has 0 aliphatic heterocycles. The Kier molecular flexibility index (Phi) is 3.27. The molecule has 110 valence electrons. The van der Waals surface area contributed by atoms with Crippen LogP contribution >= 0.6 is 0 Å². The van der Waals surface area contributed by atoms with Gasteiger partial charge in [0.05, 0.1) is 5.52 Å². The van der Waals surface area contributed by atoms with Crippen LogP contribution in [0.2, 0.25) is 0 Å². The second-order valence-corrected chi connectivity index (χ2v) is 4.77. The minimum absolute atomic E-state index is 0.237. The first kappa shape index (κ1) is 13.7. The molecule has 22 heavy (non-hydrogen) atoms. The zero-order chi connectivity index (χ0) is 15.7. The highest BCUT2D eigenvalue weighted by atomic mass is 16.3. The molecule has 2 aromatic carbocycles. The first-order valence-corrected chi connectivity index (χ1v) is 6.57. The van der Waals surface area contributed by atoms with E-state index in [1.54, 1.807) is 42.5 Å². The van der Waals surface area contributed by atoms with Crippen LogP contribution in [0.15, 0.2) is 54.6 Å². The Labute approximate surface area is 125 Å². The van der Waals surface area contributed by atoms with Gasteiger partial charge in [0.1, 0.15) is 0 Å². The molecule has 0 bridgehead atoms. The highest BCUT2D eigenvalue weighted by molar-refractivity contribution is 6.05. The number of hydrogen-bond acceptors (Lipinski definition) is 3. The Hall–Kier alpha value is -3.28. The van der Waals surface area contributed by atoms with E-state index in [4.69, 9.17) is 5.73 Å². The number of nitrogens with zero attached hydrogens (tertiary/aromatic N) is 1. The fourth-order valence-corrected chi connectivity index (χ4v) is 2.30. The van der Waals surface area contributed by atoms with E-state index in [9.17, 15) is 14.7 Å².